The van der Waals surface area contributed by atoms with E-state index >= 15 is 0 Å². The molecule has 0 radical (unpaired) electrons. The van der Waals surface area contributed by atoms with Gasteiger partial charge in [0.1, 0.15) is 0 Å². The maximum Gasteiger partial charge on any atom is 0.337 e. The summed E-state index contributed by atoms with van der Waals surface area (Å²) in [6.07, 6.45) is 4.28. The number of hydrogen-bond acceptors (Lipinski definition) is 4. The SMILES string of the molecule is Cc1cc(NC2CCCCC2CO)cc(C(=O)O)c1N. The molecule has 0 amide bonds. The Hall–Kier alpha value is -1.75. The Balaban J connectivity index is 2.22. The van der Waals surface area contributed by atoms with Gasteiger partial charge < -0.3 is 21.3 Å². The monoisotopic (exact) mass is 278 g/mol. The lowest BCUT2D eigenvalue weighted by Crippen LogP contribution is -2.34. The van der Waals surface area contributed by atoms with Crippen LogP contribution >= 0.6 is 0 Å². The average molecular weight is 278 g/mol. The Morgan fingerprint density at radius 3 is 2.75 bits per heavy atom. The summed E-state index contributed by atoms with van der Waals surface area (Å²) in [4.78, 5) is 11.2. The molecule has 0 bridgehead atoms. The standard InChI is InChI=1S/C15H22N2O3/c1-9-6-11(7-12(14(9)16)15(19)20)17-13-5-3-2-4-10(13)8-18/h6-7,10,13,17-18H,2-5,8,16H2,1H3,(H,19,20). The van der Waals surface area contributed by atoms with E-state index in [1.807, 2.05) is 6.07 Å². The molecule has 1 aromatic carbocycles. The fourth-order valence-corrected chi connectivity index (χ4v) is 2.89. The van der Waals surface area contributed by atoms with E-state index in [1.54, 1.807) is 13.0 Å². The lowest BCUT2D eigenvalue weighted by molar-refractivity contribution is 0.0698. The molecule has 0 aliphatic heterocycles. The van der Waals surface area contributed by atoms with Crippen LogP contribution in [0.3, 0.4) is 0 Å². The molecule has 0 spiro atoms. The van der Waals surface area contributed by atoms with Gasteiger partial charge in [0.05, 0.1) is 5.56 Å². The van der Waals surface area contributed by atoms with Gasteiger partial charge in [-0.1, -0.05) is 12.8 Å². The molecule has 20 heavy (non-hydrogen) atoms. The molecule has 1 fully saturated rings. The van der Waals surface area contributed by atoms with Crippen LogP contribution in [0.2, 0.25) is 0 Å². The second-order valence-electron chi connectivity index (χ2n) is 5.54. The minimum absolute atomic E-state index is 0.129. The highest BCUT2D eigenvalue weighted by molar-refractivity contribution is 5.95. The summed E-state index contributed by atoms with van der Waals surface area (Å²) in [5.74, 6) is -0.786. The Morgan fingerprint density at radius 1 is 1.40 bits per heavy atom. The van der Waals surface area contributed by atoms with Gasteiger partial charge in [0.2, 0.25) is 0 Å². The fourth-order valence-electron chi connectivity index (χ4n) is 2.89. The number of aliphatic hydroxyl groups is 1. The number of carboxylic acids is 1. The van der Waals surface area contributed by atoms with Crippen molar-refractivity contribution in [3.05, 3.63) is 23.3 Å². The zero-order valence-corrected chi connectivity index (χ0v) is 11.7. The fraction of sp³-hybridized carbons (Fsp3) is 0.533. The van der Waals surface area contributed by atoms with Gasteiger partial charge in [-0.15, -0.1) is 0 Å². The van der Waals surface area contributed by atoms with Gasteiger partial charge in [-0.05, 0) is 37.5 Å². The van der Waals surface area contributed by atoms with Gasteiger partial charge in [-0.2, -0.15) is 0 Å². The maximum atomic E-state index is 11.2. The first kappa shape index (κ1) is 14.7. The molecule has 110 valence electrons. The highest BCUT2D eigenvalue weighted by atomic mass is 16.4. The summed E-state index contributed by atoms with van der Waals surface area (Å²) in [6.45, 7) is 1.97. The Labute approximate surface area is 118 Å². The Kier molecular flexibility index (Phi) is 4.49. The van der Waals surface area contributed by atoms with E-state index in [0.29, 0.717) is 5.69 Å². The normalized spacial score (nSPS) is 22.5. The molecule has 5 nitrogen and oxygen atoms in total. The minimum Gasteiger partial charge on any atom is -0.478 e. The van der Waals surface area contributed by atoms with E-state index < -0.39 is 5.97 Å². The van der Waals surface area contributed by atoms with Crippen LogP contribution in [0.5, 0.6) is 0 Å². The first-order valence-electron chi connectivity index (χ1n) is 7.03. The summed E-state index contributed by atoms with van der Waals surface area (Å²) in [5.41, 5.74) is 7.75. The van der Waals surface area contributed by atoms with Crippen LogP contribution in [0.4, 0.5) is 11.4 Å². The van der Waals surface area contributed by atoms with Crippen molar-refractivity contribution in [2.45, 2.75) is 38.6 Å². The van der Waals surface area contributed by atoms with Crippen LogP contribution in [0.25, 0.3) is 0 Å². The quantitative estimate of drug-likeness (QED) is 0.633. The molecule has 2 rings (SSSR count). The zero-order chi connectivity index (χ0) is 14.7. The second-order valence-corrected chi connectivity index (χ2v) is 5.54. The van der Waals surface area contributed by atoms with Crippen molar-refractivity contribution in [2.24, 2.45) is 5.92 Å². The Bertz CT molecular complexity index is 502. The summed E-state index contributed by atoms with van der Waals surface area (Å²) >= 11 is 0. The molecule has 0 aromatic heterocycles. The summed E-state index contributed by atoms with van der Waals surface area (Å²) in [7, 11) is 0. The molecule has 1 aromatic rings. The van der Waals surface area contributed by atoms with E-state index in [2.05, 4.69) is 5.32 Å². The zero-order valence-electron chi connectivity index (χ0n) is 11.7. The maximum absolute atomic E-state index is 11.2. The minimum atomic E-state index is -1.02. The largest absolute Gasteiger partial charge is 0.478 e. The van der Waals surface area contributed by atoms with Crippen LogP contribution in [0.15, 0.2) is 12.1 Å². The summed E-state index contributed by atoms with van der Waals surface area (Å²) in [5, 5.41) is 22.0. The number of carbonyl (C=O) groups is 1. The molecule has 1 aliphatic carbocycles. The molecule has 2 atom stereocenters. The van der Waals surface area contributed by atoms with Crippen molar-refractivity contribution in [3.63, 3.8) is 0 Å². The molecule has 5 N–H and O–H groups in total. The predicted molar refractivity (Wildman–Crippen MR) is 79.0 cm³/mol. The molecule has 5 heteroatoms. The third-order valence-electron chi connectivity index (χ3n) is 4.11. The topological polar surface area (TPSA) is 95.6 Å². The van der Waals surface area contributed by atoms with Crippen molar-refractivity contribution in [2.75, 3.05) is 17.7 Å². The van der Waals surface area contributed by atoms with Gasteiger partial charge in [-0.3, -0.25) is 0 Å². The van der Waals surface area contributed by atoms with E-state index in [1.165, 1.54) is 0 Å². The number of aliphatic hydroxyl groups excluding tert-OH is 1. The highest BCUT2D eigenvalue weighted by Crippen LogP contribution is 2.29. The number of hydrogen-bond donors (Lipinski definition) is 4. The number of carboxylic acid groups (broad SMARTS) is 1. The van der Waals surface area contributed by atoms with Crippen molar-refractivity contribution in [1.82, 2.24) is 0 Å². The lowest BCUT2D eigenvalue weighted by Gasteiger charge is -2.32. The van der Waals surface area contributed by atoms with Crippen LogP contribution in [0.1, 0.15) is 41.6 Å². The molecule has 0 saturated heterocycles. The smallest absolute Gasteiger partial charge is 0.337 e. The summed E-state index contributed by atoms with van der Waals surface area (Å²) < 4.78 is 0. The average Bonchev–Trinajstić information content (AvgIpc) is 2.43. The van der Waals surface area contributed by atoms with E-state index in [-0.39, 0.29) is 24.1 Å². The van der Waals surface area contributed by atoms with Crippen LogP contribution in [0, 0.1) is 12.8 Å². The predicted octanol–water partition coefficient (Wildman–Crippen LogP) is 2.24. The molecule has 0 heterocycles. The van der Waals surface area contributed by atoms with E-state index in [0.717, 1.165) is 36.9 Å². The highest BCUT2D eigenvalue weighted by Gasteiger charge is 2.24. The molecule has 1 saturated carbocycles. The van der Waals surface area contributed by atoms with Crippen LogP contribution < -0.4 is 11.1 Å². The summed E-state index contributed by atoms with van der Waals surface area (Å²) in [6, 6.07) is 3.64. The second kappa shape index (κ2) is 6.13. The number of benzene rings is 1. The third kappa shape index (κ3) is 3.04. The number of nitrogen functional groups attached to an aromatic ring is 1. The number of aromatic carboxylic acids is 1. The molecular formula is C15H22N2O3. The van der Waals surface area contributed by atoms with Gasteiger partial charge in [0.25, 0.3) is 0 Å². The van der Waals surface area contributed by atoms with Crippen molar-refractivity contribution in [3.8, 4) is 0 Å². The van der Waals surface area contributed by atoms with Gasteiger partial charge in [0.15, 0.2) is 0 Å². The van der Waals surface area contributed by atoms with E-state index in [9.17, 15) is 15.0 Å². The number of nitrogens with one attached hydrogen (secondary N) is 1. The van der Waals surface area contributed by atoms with Gasteiger partial charge >= 0.3 is 5.97 Å². The first-order valence-corrected chi connectivity index (χ1v) is 7.03. The van der Waals surface area contributed by atoms with Crippen LogP contribution in [-0.2, 0) is 0 Å². The molecule has 1 aliphatic rings. The Morgan fingerprint density at radius 2 is 2.10 bits per heavy atom. The van der Waals surface area contributed by atoms with Gasteiger partial charge in [-0.25, -0.2) is 4.79 Å². The number of rotatable bonds is 4. The number of anilines is 2. The van der Waals surface area contributed by atoms with Gasteiger partial charge in [0, 0.05) is 29.9 Å². The molecule has 2 unspecified atom stereocenters. The van der Waals surface area contributed by atoms with Crippen molar-refractivity contribution in [1.29, 1.82) is 0 Å². The van der Waals surface area contributed by atoms with Crippen LogP contribution in [-0.4, -0.2) is 28.8 Å². The number of aryl methyl sites for hydroxylation is 1. The van der Waals surface area contributed by atoms with Crippen molar-refractivity contribution >= 4 is 17.3 Å². The van der Waals surface area contributed by atoms with E-state index in [4.69, 9.17) is 5.73 Å². The number of nitrogens with two attached hydrogens (primary N) is 1. The lowest BCUT2D eigenvalue weighted by atomic mass is 9.85. The third-order valence-corrected chi connectivity index (χ3v) is 4.11. The van der Waals surface area contributed by atoms with Crippen molar-refractivity contribution < 1.29 is 15.0 Å². The first-order chi connectivity index (χ1) is 9.52. The molecular weight excluding hydrogens is 256 g/mol.